The molecule has 122 valence electrons. The molecule has 0 N–H and O–H groups in total. The minimum atomic E-state index is -1.14. The second-order valence-corrected chi connectivity index (χ2v) is 6.69. The minimum Gasteiger partial charge on any atom is -0.419 e. The molecule has 0 aromatic rings. The van der Waals surface area contributed by atoms with Crippen molar-refractivity contribution >= 4 is 11.9 Å². The molecule has 4 nitrogen and oxygen atoms in total. The fourth-order valence-corrected chi connectivity index (χ4v) is 3.69. The Labute approximate surface area is 132 Å². The molecule has 2 fully saturated rings. The van der Waals surface area contributed by atoms with Gasteiger partial charge in [0.25, 0.3) is 5.79 Å². The number of carbonyl (C=O) groups is 2. The van der Waals surface area contributed by atoms with E-state index in [-0.39, 0.29) is 5.92 Å². The van der Waals surface area contributed by atoms with Gasteiger partial charge in [0, 0.05) is 23.5 Å². The summed E-state index contributed by atoms with van der Waals surface area (Å²) in [6, 6.07) is 0. The van der Waals surface area contributed by atoms with Crippen LogP contribution in [0.25, 0.3) is 0 Å². The van der Waals surface area contributed by atoms with Crippen LogP contribution in [-0.2, 0) is 19.1 Å². The highest BCUT2D eigenvalue weighted by Crippen LogP contribution is 2.49. The van der Waals surface area contributed by atoms with E-state index < -0.39 is 17.7 Å². The number of carbonyl (C=O) groups excluding carboxylic acids is 2. The van der Waals surface area contributed by atoms with E-state index in [9.17, 15) is 9.59 Å². The first-order valence-corrected chi connectivity index (χ1v) is 8.13. The van der Waals surface area contributed by atoms with Crippen LogP contribution in [0, 0.1) is 11.8 Å². The van der Waals surface area contributed by atoms with E-state index in [1.54, 1.807) is 13.8 Å². The van der Waals surface area contributed by atoms with E-state index in [0.29, 0.717) is 23.5 Å². The summed E-state index contributed by atoms with van der Waals surface area (Å²) in [5, 5.41) is 0. The average Bonchev–Trinajstić information content (AvgIpc) is 2.47. The van der Waals surface area contributed by atoms with Crippen molar-refractivity contribution in [2.24, 2.45) is 11.8 Å². The van der Waals surface area contributed by atoms with Gasteiger partial charge in [-0.3, -0.25) is 0 Å². The first-order valence-electron chi connectivity index (χ1n) is 8.13. The highest BCUT2D eigenvalue weighted by molar-refractivity contribution is 5.89. The Bertz CT molecular complexity index is 461. The number of hydrogen-bond acceptors (Lipinski definition) is 4. The molecule has 4 heteroatoms. The van der Waals surface area contributed by atoms with Gasteiger partial charge in [-0.1, -0.05) is 26.0 Å². The number of esters is 2. The van der Waals surface area contributed by atoms with Crippen molar-refractivity contribution in [3.8, 4) is 0 Å². The van der Waals surface area contributed by atoms with Crippen LogP contribution in [0.3, 0.4) is 0 Å². The Balaban J connectivity index is 2.30. The highest BCUT2D eigenvalue weighted by atomic mass is 16.7. The van der Waals surface area contributed by atoms with E-state index in [1.165, 1.54) is 6.42 Å². The molecule has 0 saturated heterocycles. The summed E-state index contributed by atoms with van der Waals surface area (Å²) < 4.78 is 11.4. The number of hydrogen-bond donors (Lipinski definition) is 0. The number of fused-ring (bicyclic) bond motifs is 1. The maximum atomic E-state index is 12.1. The summed E-state index contributed by atoms with van der Waals surface area (Å²) >= 11 is 0. The molecule has 0 aliphatic heterocycles. The summed E-state index contributed by atoms with van der Waals surface area (Å²) in [5.41, 5.74) is 0.646. The van der Waals surface area contributed by atoms with Gasteiger partial charge in [-0.15, -0.1) is 0 Å². The van der Waals surface area contributed by atoms with Crippen molar-refractivity contribution in [3.63, 3.8) is 0 Å². The molecule has 22 heavy (non-hydrogen) atoms. The van der Waals surface area contributed by atoms with Gasteiger partial charge in [-0.05, 0) is 45.4 Å². The van der Waals surface area contributed by atoms with Crippen molar-refractivity contribution < 1.29 is 19.1 Å². The quantitative estimate of drug-likeness (QED) is 0.449. The predicted octanol–water partition coefficient (Wildman–Crippen LogP) is 3.91. The predicted molar refractivity (Wildman–Crippen MR) is 83.8 cm³/mol. The first-order chi connectivity index (χ1) is 10.4. The van der Waals surface area contributed by atoms with Crippen LogP contribution in [0.1, 0.15) is 58.8 Å². The van der Waals surface area contributed by atoms with Crippen LogP contribution in [0.2, 0.25) is 0 Å². The van der Waals surface area contributed by atoms with Gasteiger partial charge < -0.3 is 9.47 Å². The monoisotopic (exact) mass is 306 g/mol. The average molecular weight is 306 g/mol. The molecule has 0 spiro atoms. The van der Waals surface area contributed by atoms with Crippen molar-refractivity contribution in [1.29, 1.82) is 0 Å². The van der Waals surface area contributed by atoms with Crippen molar-refractivity contribution in [2.45, 2.75) is 64.6 Å². The molecule has 2 unspecified atom stereocenters. The Morgan fingerprint density at radius 2 is 1.41 bits per heavy atom. The number of rotatable bonds is 4. The molecule has 0 heterocycles. The SMILES string of the molecule is C=C(C)C(=O)OC1(OC(=O)C(=C)C)CCCC2CCCCC21. The van der Waals surface area contributed by atoms with E-state index in [2.05, 4.69) is 13.2 Å². The lowest BCUT2D eigenvalue weighted by Crippen LogP contribution is -2.52. The molecule has 2 rings (SSSR count). The zero-order chi connectivity index (χ0) is 16.3. The van der Waals surface area contributed by atoms with Gasteiger partial charge in [0.15, 0.2) is 0 Å². The largest absolute Gasteiger partial charge is 0.419 e. The smallest absolute Gasteiger partial charge is 0.336 e. The molecular formula is C18H26O4. The lowest BCUT2D eigenvalue weighted by molar-refractivity contribution is -0.265. The molecule has 2 atom stereocenters. The van der Waals surface area contributed by atoms with Crippen LogP contribution in [0.15, 0.2) is 24.3 Å². The second-order valence-electron chi connectivity index (χ2n) is 6.69. The third kappa shape index (κ3) is 3.42. The number of ether oxygens (including phenoxy) is 2. The summed E-state index contributed by atoms with van der Waals surface area (Å²) in [5.74, 6) is -1.57. The lowest BCUT2D eigenvalue weighted by atomic mass is 9.67. The minimum absolute atomic E-state index is 0.0848. The van der Waals surface area contributed by atoms with E-state index in [0.717, 1.165) is 32.1 Å². The molecule has 0 amide bonds. The maximum Gasteiger partial charge on any atom is 0.336 e. The third-order valence-corrected chi connectivity index (χ3v) is 4.80. The lowest BCUT2D eigenvalue weighted by Gasteiger charge is -2.48. The van der Waals surface area contributed by atoms with Crippen LogP contribution in [0.5, 0.6) is 0 Å². The van der Waals surface area contributed by atoms with E-state index in [4.69, 9.17) is 9.47 Å². The third-order valence-electron chi connectivity index (χ3n) is 4.80. The summed E-state index contributed by atoms with van der Waals surface area (Å²) in [7, 11) is 0. The van der Waals surface area contributed by atoms with Crippen LogP contribution >= 0.6 is 0 Å². The zero-order valence-corrected chi connectivity index (χ0v) is 13.7. The molecule has 2 aliphatic rings. The van der Waals surface area contributed by atoms with Gasteiger partial charge in [0.05, 0.1) is 0 Å². The van der Waals surface area contributed by atoms with Crippen LogP contribution < -0.4 is 0 Å². The van der Waals surface area contributed by atoms with E-state index in [1.807, 2.05) is 0 Å². The van der Waals surface area contributed by atoms with Gasteiger partial charge in [0.2, 0.25) is 0 Å². The highest BCUT2D eigenvalue weighted by Gasteiger charge is 2.52. The van der Waals surface area contributed by atoms with Gasteiger partial charge in [0.1, 0.15) is 0 Å². The van der Waals surface area contributed by atoms with Crippen LogP contribution in [-0.4, -0.2) is 17.7 Å². The summed E-state index contributed by atoms with van der Waals surface area (Å²) in [6.45, 7) is 10.5. The fourth-order valence-electron chi connectivity index (χ4n) is 3.69. The molecule has 0 aromatic carbocycles. The van der Waals surface area contributed by atoms with Gasteiger partial charge in [-0.2, -0.15) is 0 Å². The molecule has 0 aromatic heterocycles. The Morgan fingerprint density at radius 1 is 0.909 bits per heavy atom. The molecule has 0 radical (unpaired) electrons. The molecular weight excluding hydrogens is 280 g/mol. The maximum absolute atomic E-state index is 12.1. The first kappa shape index (κ1) is 16.8. The van der Waals surface area contributed by atoms with Crippen molar-refractivity contribution in [2.75, 3.05) is 0 Å². The Kier molecular flexibility index (Phi) is 5.09. The van der Waals surface area contributed by atoms with E-state index >= 15 is 0 Å². The Hall–Kier alpha value is -1.58. The molecule has 0 bridgehead atoms. The van der Waals surface area contributed by atoms with Crippen molar-refractivity contribution in [1.82, 2.24) is 0 Å². The molecule has 2 aliphatic carbocycles. The van der Waals surface area contributed by atoms with Crippen LogP contribution in [0.4, 0.5) is 0 Å². The molecule has 2 saturated carbocycles. The Morgan fingerprint density at radius 3 is 1.95 bits per heavy atom. The summed E-state index contributed by atoms with van der Waals surface area (Å²) in [6.07, 6.45) is 6.89. The second kappa shape index (κ2) is 6.67. The normalized spacial score (nSPS) is 26.5. The van der Waals surface area contributed by atoms with Gasteiger partial charge in [-0.25, -0.2) is 9.59 Å². The standard InChI is InChI=1S/C18H26O4/c1-12(2)16(19)21-18(22-17(20)13(3)4)11-7-9-14-8-5-6-10-15(14)18/h14-15H,1,3,5-11H2,2,4H3. The zero-order valence-electron chi connectivity index (χ0n) is 13.7. The summed E-state index contributed by atoms with van der Waals surface area (Å²) in [4.78, 5) is 24.2. The van der Waals surface area contributed by atoms with Crippen molar-refractivity contribution in [3.05, 3.63) is 24.3 Å². The topological polar surface area (TPSA) is 52.6 Å². The fraction of sp³-hybridized carbons (Fsp3) is 0.667. The van der Waals surface area contributed by atoms with Gasteiger partial charge >= 0.3 is 11.9 Å².